The molecule has 152 valence electrons. The maximum atomic E-state index is 12.2. The molecule has 0 aliphatic heterocycles. The lowest BCUT2D eigenvalue weighted by Gasteiger charge is -2.02. The van der Waals surface area contributed by atoms with Gasteiger partial charge in [0.15, 0.2) is 5.13 Å². The van der Waals surface area contributed by atoms with Gasteiger partial charge in [0, 0.05) is 41.6 Å². The monoisotopic (exact) mass is 439 g/mol. The first-order valence-electron chi connectivity index (χ1n) is 9.30. The number of carbonyl (C=O) groups is 1. The van der Waals surface area contributed by atoms with Gasteiger partial charge in [0.05, 0.1) is 0 Å². The Morgan fingerprint density at radius 2 is 2.13 bits per heavy atom. The van der Waals surface area contributed by atoms with Crippen LogP contribution >= 0.6 is 22.9 Å². The average molecular weight is 440 g/mol. The minimum Gasteiger partial charge on any atom is -0.339 e. The Bertz CT molecular complexity index is 1160. The summed E-state index contributed by atoms with van der Waals surface area (Å²) in [5, 5.41) is 8.03. The standard InChI is InChI=1S/C21H18ClN5O2S/c1-13-5-6-14(11-16(13)22)10-15-12-24-21(30-15)25-18(28)7-8-19-26-20(27-29-19)17-4-2-3-9-23-17/h2-6,9,11-12H,7-8,10H2,1H3,(H,24,25,28). The number of benzene rings is 1. The normalized spacial score (nSPS) is 10.9. The number of carbonyl (C=O) groups excluding carboxylic acids is 1. The molecule has 1 aromatic carbocycles. The number of aromatic nitrogens is 4. The number of halogens is 1. The Kier molecular flexibility index (Phi) is 6.15. The van der Waals surface area contributed by atoms with E-state index in [1.54, 1.807) is 18.5 Å². The smallest absolute Gasteiger partial charge is 0.227 e. The van der Waals surface area contributed by atoms with Crippen molar-refractivity contribution in [2.45, 2.75) is 26.2 Å². The quantitative estimate of drug-likeness (QED) is 0.448. The van der Waals surface area contributed by atoms with Gasteiger partial charge in [0.2, 0.25) is 17.6 Å². The van der Waals surface area contributed by atoms with Gasteiger partial charge in [-0.2, -0.15) is 4.98 Å². The summed E-state index contributed by atoms with van der Waals surface area (Å²) in [6.07, 6.45) is 4.70. The van der Waals surface area contributed by atoms with E-state index in [1.165, 1.54) is 11.3 Å². The number of nitrogens with one attached hydrogen (secondary N) is 1. The molecule has 9 heteroatoms. The first kappa shape index (κ1) is 20.2. The second-order valence-corrected chi connectivity index (χ2v) is 8.19. The summed E-state index contributed by atoms with van der Waals surface area (Å²) in [7, 11) is 0. The summed E-state index contributed by atoms with van der Waals surface area (Å²) in [5.74, 6) is 0.639. The number of aryl methyl sites for hydroxylation is 2. The van der Waals surface area contributed by atoms with Crippen LogP contribution < -0.4 is 5.32 Å². The van der Waals surface area contributed by atoms with Gasteiger partial charge in [-0.3, -0.25) is 9.78 Å². The van der Waals surface area contributed by atoms with Crippen LogP contribution in [0.15, 0.2) is 53.3 Å². The highest BCUT2D eigenvalue weighted by molar-refractivity contribution is 7.15. The topological polar surface area (TPSA) is 93.8 Å². The number of anilines is 1. The zero-order valence-corrected chi connectivity index (χ0v) is 17.7. The molecule has 3 heterocycles. The minimum atomic E-state index is -0.160. The molecule has 0 aliphatic carbocycles. The summed E-state index contributed by atoms with van der Waals surface area (Å²) in [4.78, 5) is 26.0. The van der Waals surface area contributed by atoms with Gasteiger partial charge < -0.3 is 9.84 Å². The molecule has 0 aliphatic rings. The average Bonchev–Trinajstić information content (AvgIpc) is 3.39. The Morgan fingerprint density at radius 1 is 1.23 bits per heavy atom. The first-order chi connectivity index (χ1) is 14.6. The maximum Gasteiger partial charge on any atom is 0.227 e. The van der Waals surface area contributed by atoms with Crippen molar-refractivity contribution in [3.8, 4) is 11.5 Å². The summed E-state index contributed by atoms with van der Waals surface area (Å²) in [6, 6.07) is 11.5. The number of thiazole rings is 1. The third kappa shape index (κ3) is 5.08. The van der Waals surface area contributed by atoms with Crippen molar-refractivity contribution < 1.29 is 9.32 Å². The van der Waals surface area contributed by atoms with Crippen LogP contribution in [0.5, 0.6) is 0 Å². The molecule has 0 fully saturated rings. The molecule has 3 aromatic heterocycles. The molecular formula is C21H18ClN5O2S. The molecule has 0 spiro atoms. The minimum absolute atomic E-state index is 0.160. The van der Waals surface area contributed by atoms with Crippen LogP contribution in [-0.2, 0) is 17.6 Å². The third-order valence-electron chi connectivity index (χ3n) is 4.34. The molecule has 7 nitrogen and oxygen atoms in total. The van der Waals surface area contributed by atoms with Gasteiger partial charge in [0.1, 0.15) is 5.69 Å². The fourth-order valence-corrected chi connectivity index (χ4v) is 3.82. The van der Waals surface area contributed by atoms with Crippen LogP contribution in [0.1, 0.15) is 28.3 Å². The predicted molar refractivity (Wildman–Crippen MR) is 116 cm³/mol. The van der Waals surface area contributed by atoms with E-state index in [9.17, 15) is 4.79 Å². The van der Waals surface area contributed by atoms with E-state index in [1.807, 2.05) is 37.3 Å². The predicted octanol–water partition coefficient (Wildman–Crippen LogP) is 4.71. The molecule has 0 radical (unpaired) electrons. The Hall–Kier alpha value is -3.10. The van der Waals surface area contributed by atoms with Gasteiger partial charge in [-0.25, -0.2) is 4.98 Å². The first-order valence-corrected chi connectivity index (χ1v) is 10.5. The fraction of sp³-hybridized carbons (Fsp3) is 0.190. The van der Waals surface area contributed by atoms with Gasteiger partial charge in [-0.1, -0.05) is 35.0 Å². The highest BCUT2D eigenvalue weighted by atomic mass is 35.5. The number of rotatable bonds is 7. The number of hydrogen-bond donors (Lipinski definition) is 1. The SMILES string of the molecule is Cc1ccc(Cc2cnc(NC(=O)CCc3nc(-c4ccccn4)no3)s2)cc1Cl. The molecular weight excluding hydrogens is 422 g/mol. The Labute approximate surface area is 182 Å². The van der Waals surface area contributed by atoms with Crippen molar-refractivity contribution in [3.05, 3.63) is 75.7 Å². The third-order valence-corrected chi connectivity index (χ3v) is 5.66. The summed E-state index contributed by atoms with van der Waals surface area (Å²) in [5.41, 5.74) is 2.78. The molecule has 30 heavy (non-hydrogen) atoms. The summed E-state index contributed by atoms with van der Waals surface area (Å²) < 4.78 is 5.20. The zero-order chi connectivity index (χ0) is 20.9. The highest BCUT2D eigenvalue weighted by Crippen LogP contribution is 2.24. The highest BCUT2D eigenvalue weighted by Gasteiger charge is 2.13. The Balaban J connectivity index is 1.29. The second kappa shape index (κ2) is 9.15. The molecule has 0 saturated heterocycles. The second-order valence-electron chi connectivity index (χ2n) is 6.67. The molecule has 4 rings (SSSR count). The lowest BCUT2D eigenvalue weighted by atomic mass is 10.1. The van der Waals surface area contributed by atoms with Gasteiger partial charge in [-0.15, -0.1) is 11.3 Å². The molecule has 4 aromatic rings. The Morgan fingerprint density at radius 3 is 2.93 bits per heavy atom. The van der Waals surface area contributed by atoms with Crippen LogP contribution in [0, 0.1) is 6.92 Å². The van der Waals surface area contributed by atoms with Crippen LogP contribution in [-0.4, -0.2) is 26.0 Å². The molecule has 0 atom stereocenters. The van der Waals surface area contributed by atoms with E-state index in [0.717, 1.165) is 21.0 Å². The zero-order valence-electron chi connectivity index (χ0n) is 16.1. The van der Waals surface area contributed by atoms with E-state index in [2.05, 4.69) is 25.4 Å². The van der Waals surface area contributed by atoms with Gasteiger partial charge in [0.25, 0.3) is 0 Å². The number of amides is 1. The van der Waals surface area contributed by atoms with Crippen molar-refractivity contribution in [2.75, 3.05) is 5.32 Å². The van der Waals surface area contributed by atoms with Crippen molar-refractivity contribution in [2.24, 2.45) is 0 Å². The molecule has 0 bridgehead atoms. The van der Waals surface area contributed by atoms with Crippen molar-refractivity contribution in [1.29, 1.82) is 0 Å². The van der Waals surface area contributed by atoms with E-state index in [-0.39, 0.29) is 12.3 Å². The number of pyridine rings is 1. The van der Waals surface area contributed by atoms with Crippen LogP contribution in [0.25, 0.3) is 11.5 Å². The summed E-state index contributed by atoms with van der Waals surface area (Å²) in [6.45, 7) is 1.97. The van der Waals surface area contributed by atoms with Crippen LogP contribution in [0.3, 0.4) is 0 Å². The lowest BCUT2D eigenvalue weighted by molar-refractivity contribution is -0.116. The van der Waals surface area contributed by atoms with E-state index in [0.29, 0.717) is 35.4 Å². The number of nitrogens with zero attached hydrogens (tertiary/aromatic N) is 4. The molecule has 1 N–H and O–H groups in total. The van der Waals surface area contributed by atoms with E-state index < -0.39 is 0 Å². The number of hydrogen-bond acceptors (Lipinski definition) is 7. The molecule has 1 amide bonds. The van der Waals surface area contributed by atoms with E-state index >= 15 is 0 Å². The molecule has 0 saturated carbocycles. The van der Waals surface area contributed by atoms with Crippen LogP contribution in [0.2, 0.25) is 5.02 Å². The largest absolute Gasteiger partial charge is 0.339 e. The van der Waals surface area contributed by atoms with Crippen molar-refractivity contribution in [3.63, 3.8) is 0 Å². The van der Waals surface area contributed by atoms with Crippen LogP contribution in [0.4, 0.5) is 5.13 Å². The summed E-state index contributed by atoms with van der Waals surface area (Å²) >= 11 is 7.63. The van der Waals surface area contributed by atoms with E-state index in [4.69, 9.17) is 16.1 Å². The fourth-order valence-electron chi connectivity index (χ4n) is 2.75. The van der Waals surface area contributed by atoms with Gasteiger partial charge in [-0.05, 0) is 36.2 Å². The molecule has 0 unspecified atom stereocenters. The van der Waals surface area contributed by atoms with Gasteiger partial charge >= 0.3 is 0 Å². The lowest BCUT2D eigenvalue weighted by Crippen LogP contribution is -2.12. The van der Waals surface area contributed by atoms with Crippen molar-refractivity contribution >= 4 is 34.0 Å². The van der Waals surface area contributed by atoms with Crippen molar-refractivity contribution in [1.82, 2.24) is 20.1 Å². The maximum absolute atomic E-state index is 12.2.